The number of nitrogens with two attached hydrogens (primary N) is 1. The SMILES string of the molecule is CC(F)(F)c1nc(C2(N)CC2)cs1. The van der Waals surface area contributed by atoms with E-state index in [0.29, 0.717) is 5.69 Å². The Morgan fingerprint density at radius 1 is 1.62 bits per heavy atom. The predicted molar refractivity (Wildman–Crippen MR) is 46.8 cm³/mol. The summed E-state index contributed by atoms with van der Waals surface area (Å²) >= 11 is 0.982. The number of alkyl halides is 2. The molecule has 1 aromatic rings. The second-order valence-corrected chi connectivity index (χ2v) is 4.44. The van der Waals surface area contributed by atoms with E-state index in [9.17, 15) is 8.78 Å². The fourth-order valence-corrected chi connectivity index (χ4v) is 1.96. The summed E-state index contributed by atoms with van der Waals surface area (Å²) in [6.45, 7) is 0.853. The van der Waals surface area contributed by atoms with Gasteiger partial charge >= 0.3 is 0 Å². The van der Waals surface area contributed by atoms with Gasteiger partial charge in [-0.25, -0.2) is 4.98 Å². The van der Waals surface area contributed by atoms with Crippen LogP contribution in [0.4, 0.5) is 8.78 Å². The van der Waals surface area contributed by atoms with E-state index in [2.05, 4.69) is 4.98 Å². The fourth-order valence-electron chi connectivity index (χ4n) is 1.09. The van der Waals surface area contributed by atoms with Gasteiger partial charge in [-0.1, -0.05) is 0 Å². The maximum atomic E-state index is 12.8. The molecule has 2 rings (SSSR count). The van der Waals surface area contributed by atoms with E-state index in [0.717, 1.165) is 31.1 Å². The maximum absolute atomic E-state index is 12.8. The molecule has 1 aliphatic carbocycles. The minimum Gasteiger partial charge on any atom is -0.320 e. The molecule has 1 aromatic heterocycles. The summed E-state index contributed by atoms with van der Waals surface area (Å²) in [5.74, 6) is -2.84. The van der Waals surface area contributed by atoms with Crippen LogP contribution in [0.5, 0.6) is 0 Å². The topological polar surface area (TPSA) is 38.9 Å². The first-order chi connectivity index (χ1) is 5.92. The van der Waals surface area contributed by atoms with Gasteiger partial charge in [0, 0.05) is 12.3 Å². The Hall–Kier alpha value is -0.550. The molecule has 0 aliphatic heterocycles. The van der Waals surface area contributed by atoms with Crippen LogP contribution in [0.3, 0.4) is 0 Å². The van der Waals surface area contributed by atoms with Crippen LogP contribution in [0.25, 0.3) is 0 Å². The summed E-state index contributed by atoms with van der Waals surface area (Å²) in [7, 11) is 0. The van der Waals surface area contributed by atoms with Crippen molar-refractivity contribution < 1.29 is 8.78 Å². The highest BCUT2D eigenvalue weighted by Crippen LogP contribution is 2.44. The maximum Gasteiger partial charge on any atom is 0.296 e. The first kappa shape index (κ1) is 9.02. The molecule has 5 heteroatoms. The van der Waals surface area contributed by atoms with Crippen molar-refractivity contribution in [3.05, 3.63) is 16.1 Å². The summed E-state index contributed by atoms with van der Waals surface area (Å²) in [5.41, 5.74) is 6.04. The van der Waals surface area contributed by atoms with Crippen molar-refractivity contribution in [3.8, 4) is 0 Å². The van der Waals surface area contributed by atoms with E-state index in [-0.39, 0.29) is 5.01 Å². The molecular weight excluding hydrogens is 194 g/mol. The van der Waals surface area contributed by atoms with E-state index in [1.807, 2.05) is 0 Å². The molecule has 0 unspecified atom stereocenters. The largest absolute Gasteiger partial charge is 0.320 e. The minimum absolute atomic E-state index is 0.140. The summed E-state index contributed by atoms with van der Waals surface area (Å²) in [6.07, 6.45) is 1.71. The van der Waals surface area contributed by atoms with Gasteiger partial charge in [0.15, 0.2) is 5.01 Å². The van der Waals surface area contributed by atoms with Crippen LogP contribution in [0.2, 0.25) is 0 Å². The molecule has 0 aromatic carbocycles. The zero-order valence-corrected chi connectivity index (χ0v) is 8.00. The van der Waals surface area contributed by atoms with Crippen LogP contribution < -0.4 is 5.73 Å². The monoisotopic (exact) mass is 204 g/mol. The van der Waals surface area contributed by atoms with E-state index < -0.39 is 11.5 Å². The summed E-state index contributed by atoms with van der Waals surface area (Å²) in [6, 6.07) is 0. The number of aromatic nitrogens is 1. The third-order valence-electron chi connectivity index (χ3n) is 2.18. The Morgan fingerprint density at radius 2 is 2.23 bits per heavy atom. The van der Waals surface area contributed by atoms with Gasteiger partial charge in [-0.3, -0.25) is 0 Å². The van der Waals surface area contributed by atoms with E-state index in [4.69, 9.17) is 5.73 Å². The van der Waals surface area contributed by atoms with Crippen molar-refractivity contribution in [1.82, 2.24) is 4.98 Å². The van der Waals surface area contributed by atoms with Crippen molar-refractivity contribution in [1.29, 1.82) is 0 Å². The van der Waals surface area contributed by atoms with Gasteiger partial charge in [0.1, 0.15) is 0 Å². The Labute approximate surface area is 78.8 Å². The molecule has 1 saturated carbocycles. The standard InChI is InChI=1S/C8H10F2N2S/c1-7(9,10)6-12-5(4-13-6)8(11)2-3-8/h4H,2-3,11H2,1H3. The number of hydrogen-bond donors (Lipinski definition) is 1. The lowest BCUT2D eigenvalue weighted by molar-refractivity contribution is 0.0170. The number of halogens is 2. The molecule has 13 heavy (non-hydrogen) atoms. The van der Waals surface area contributed by atoms with Crippen molar-refractivity contribution in [2.75, 3.05) is 0 Å². The molecule has 0 radical (unpaired) electrons. The molecule has 0 spiro atoms. The third-order valence-corrected chi connectivity index (χ3v) is 3.19. The Bertz CT molecular complexity index is 305. The molecular formula is C8H10F2N2S. The second kappa shape index (κ2) is 2.48. The quantitative estimate of drug-likeness (QED) is 0.802. The van der Waals surface area contributed by atoms with Crippen molar-refractivity contribution in [2.45, 2.75) is 31.2 Å². The first-order valence-corrected chi connectivity index (χ1v) is 4.93. The highest BCUT2D eigenvalue weighted by atomic mass is 32.1. The van der Waals surface area contributed by atoms with Gasteiger partial charge in [-0.2, -0.15) is 8.78 Å². The number of rotatable bonds is 2. The second-order valence-electron chi connectivity index (χ2n) is 3.58. The molecule has 2 nitrogen and oxygen atoms in total. The average Bonchev–Trinajstić information content (AvgIpc) is 2.60. The minimum atomic E-state index is -2.84. The lowest BCUT2D eigenvalue weighted by Gasteiger charge is -2.05. The highest BCUT2D eigenvalue weighted by Gasteiger charge is 2.43. The average molecular weight is 204 g/mol. The van der Waals surface area contributed by atoms with Crippen LogP contribution in [0, 0.1) is 0 Å². The van der Waals surface area contributed by atoms with Gasteiger partial charge in [-0.05, 0) is 12.8 Å². The van der Waals surface area contributed by atoms with Crippen LogP contribution in [0.15, 0.2) is 5.38 Å². The van der Waals surface area contributed by atoms with Crippen molar-refractivity contribution in [3.63, 3.8) is 0 Å². The summed E-state index contributed by atoms with van der Waals surface area (Å²) in [4.78, 5) is 3.86. The van der Waals surface area contributed by atoms with Crippen molar-refractivity contribution >= 4 is 11.3 Å². The Morgan fingerprint density at radius 3 is 2.62 bits per heavy atom. The molecule has 0 amide bonds. The first-order valence-electron chi connectivity index (χ1n) is 4.05. The summed E-state index contributed by atoms with van der Waals surface area (Å²) < 4.78 is 25.6. The van der Waals surface area contributed by atoms with Gasteiger partial charge in [0.05, 0.1) is 11.2 Å². The fraction of sp³-hybridized carbons (Fsp3) is 0.625. The zero-order valence-electron chi connectivity index (χ0n) is 7.18. The van der Waals surface area contributed by atoms with Crippen LogP contribution in [0.1, 0.15) is 30.5 Å². The van der Waals surface area contributed by atoms with E-state index >= 15 is 0 Å². The molecule has 1 heterocycles. The lowest BCUT2D eigenvalue weighted by Crippen LogP contribution is -2.19. The van der Waals surface area contributed by atoms with Gasteiger partial charge in [0.2, 0.25) is 0 Å². The Kier molecular flexibility index (Phi) is 1.72. The Balaban J connectivity index is 2.29. The number of thiazole rings is 1. The molecule has 0 saturated heterocycles. The van der Waals surface area contributed by atoms with Crippen LogP contribution in [-0.4, -0.2) is 4.98 Å². The van der Waals surface area contributed by atoms with Gasteiger partial charge in [0.25, 0.3) is 5.92 Å². The van der Waals surface area contributed by atoms with Gasteiger partial charge < -0.3 is 5.73 Å². The number of hydrogen-bond acceptors (Lipinski definition) is 3. The van der Waals surface area contributed by atoms with E-state index in [1.54, 1.807) is 5.38 Å². The van der Waals surface area contributed by atoms with E-state index in [1.165, 1.54) is 0 Å². The molecule has 1 aliphatic rings. The molecule has 1 fully saturated rings. The smallest absolute Gasteiger partial charge is 0.296 e. The van der Waals surface area contributed by atoms with Crippen LogP contribution >= 0.6 is 11.3 Å². The van der Waals surface area contributed by atoms with Crippen LogP contribution in [-0.2, 0) is 11.5 Å². The van der Waals surface area contributed by atoms with Gasteiger partial charge in [-0.15, -0.1) is 11.3 Å². The molecule has 72 valence electrons. The predicted octanol–water partition coefficient (Wildman–Crippen LogP) is 2.20. The molecule has 0 atom stereocenters. The van der Waals surface area contributed by atoms with Crippen molar-refractivity contribution in [2.24, 2.45) is 5.73 Å². The third kappa shape index (κ3) is 1.58. The normalized spacial score (nSPS) is 20.3. The molecule has 2 N–H and O–H groups in total. The number of nitrogens with zero attached hydrogens (tertiary/aromatic N) is 1. The zero-order chi connectivity index (χ0) is 9.69. The summed E-state index contributed by atoms with van der Waals surface area (Å²) in [5, 5.41) is 1.50. The lowest BCUT2D eigenvalue weighted by atomic mass is 10.2. The highest BCUT2D eigenvalue weighted by molar-refractivity contribution is 7.09. The molecule has 0 bridgehead atoms.